The molecule has 25 nitrogen and oxygen atoms in total. The van der Waals surface area contributed by atoms with Crippen molar-refractivity contribution in [3.05, 3.63) is 206 Å². The van der Waals surface area contributed by atoms with E-state index < -0.39 is 98.3 Å². The minimum absolute atomic E-state index is 0. The number of halogens is 14. The van der Waals surface area contributed by atoms with Gasteiger partial charge in [-0.3, -0.25) is 44.0 Å². The van der Waals surface area contributed by atoms with Crippen molar-refractivity contribution in [2.24, 2.45) is 0 Å². The summed E-state index contributed by atoms with van der Waals surface area (Å²) in [6.45, 7) is 21.9. The van der Waals surface area contributed by atoms with Crippen molar-refractivity contribution < 1.29 is 122 Å². The van der Waals surface area contributed by atoms with Crippen LogP contribution < -0.4 is 29.0 Å². The van der Waals surface area contributed by atoms with Crippen LogP contribution in [0.1, 0.15) is 247 Å². The Balaban J connectivity index is 0.000000170. The molecule has 18 rings (SSSR count). The molecule has 0 bridgehead atoms. The number of alkyl halides is 14. The quantitative estimate of drug-likeness (QED) is 0.0534. The lowest BCUT2D eigenvalue weighted by molar-refractivity contribution is -0.146. The first-order chi connectivity index (χ1) is 66.2. The second-order valence-corrected chi connectivity index (χ2v) is 42.3. The SMILES string of the molecule is CC(C)Oc1ccc(C(=O)N2CCC3(CC2)c2ccc(C(F)(F)F)n2CCN3C)cc1CO.COc1cc(C(=O)N2CCC3(CC2)NC(C)(C)Cn2c(C(=O)C(F)(F)F)ccc23)ccc1C(C)(C)C.COc1cc(C(=O)N2CCC3(CC2)c2ccc(C(F)(F)F)n2CCN3CC(F)F)ccc1OC(C)C.O=C(c1ccc(S(=O)(=O)NC2CC2)cc1)N1CCC2(CC1)c1ccc(C(F)(F)F)n1CCN2C1CC1.[HH].[HH].[HH]. The van der Waals surface area contributed by atoms with Gasteiger partial charge in [0.15, 0.2) is 11.5 Å². The molecule has 4 aromatic carbocycles. The van der Waals surface area contributed by atoms with Crippen LogP contribution >= 0.6 is 0 Å². The number of sulfonamides is 1. The number of nitrogens with zero attached hydrogens (tertiary/aromatic N) is 11. The van der Waals surface area contributed by atoms with Crippen molar-refractivity contribution in [1.29, 1.82) is 0 Å². The Kier molecular flexibility index (Phi) is 29.6. The van der Waals surface area contributed by atoms with Gasteiger partial charge in [-0.15, -0.1) is 0 Å². The summed E-state index contributed by atoms with van der Waals surface area (Å²) in [5.41, 5.74) is 0.129. The molecule has 10 aliphatic rings. The predicted octanol–water partition coefficient (Wildman–Crippen LogP) is 18.2. The molecule has 3 N–H and O–H groups in total. The third-order valence-electron chi connectivity index (χ3n) is 29.1. The zero-order chi connectivity index (χ0) is 102. The van der Waals surface area contributed by atoms with E-state index in [1.165, 1.54) is 73.9 Å². The van der Waals surface area contributed by atoms with Gasteiger partial charge in [0, 0.05) is 171 Å². The van der Waals surface area contributed by atoms with Gasteiger partial charge in [0.25, 0.3) is 35.8 Å². The topological polar surface area (TPSA) is 243 Å². The molecule has 4 spiro atoms. The molecule has 40 heteroatoms. The number of ketones is 1. The van der Waals surface area contributed by atoms with Crippen molar-refractivity contribution in [2.75, 3.05) is 99.8 Å². The van der Waals surface area contributed by atoms with E-state index in [2.05, 4.69) is 40.6 Å². The number of rotatable bonds is 18. The number of methoxy groups -OCH3 is 2. The molecule has 2 saturated carbocycles. The number of ether oxygens (including phenoxy) is 4. The second kappa shape index (κ2) is 39.9. The number of likely N-dealkylation sites (N-methyl/N-ethyl adjacent to an activating group) is 1. The number of fused-ring (bicyclic) bond motifs is 8. The van der Waals surface area contributed by atoms with Crippen LogP contribution in [0.4, 0.5) is 61.5 Å². The van der Waals surface area contributed by atoms with Gasteiger partial charge in [-0.05, 0) is 258 Å². The third-order valence-corrected chi connectivity index (χ3v) is 30.6. The summed E-state index contributed by atoms with van der Waals surface area (Å²) in [7, 11) is 1.42. The maximum atomic E-state index is 13.6. The lowest BCUT2D eigenvalue weighted by atomic mass is 9.79. The van der Waals surface area contributed by atoms with E-state index >= 15 is 0 Å². The summed E-state index contributed by atoms with van der Waals surface area (Å²) < 4.78 is 244. The van der Waals surface area contributed by atoms with Gasteiger partial charge < -0.3 is 61.9 Å². The third kappa shape index (κ3) is 21.7. The van der Waals surface area contributed by atoms with Crippen LogP contribution in [-0.2, 0) is 88.9 Å². The molecule has 8 aromatic rings. The van der Waals surface area contributed by atoms with Crippen molar-refractivity contribution >= 4 is 39.4 Å². The molecule has 4 amide bonds. The normalized spacial score (nSPS) is 19.6. The fraction of sp³-hybridized carbons (Fsp3) is 0.554. The smallest absolute Gasteiger partial charge is 0.456 e. The van der Waals surface area contributed by atoms with Crippen LogP contribution in [0, 0.1) is 0 Å². The molecule has 0 atom stereocenters. The summed E-state index contributed by atoms with van der Waals surface area (Å²) in [5.74, 6) is -0.414. The zero-order valence-corrected chi connectivity index (χ0v) is 81.9. The van der Waals surface area contributed by atoms with Gasteiger partial charge >= 0.3 is 24.7 Å². The standard InChI is InChI=1S/C27H34F3N3O3.C25H30F5N3O3.C25H29F3N4O3S.C24H30F3N3O3.3H2/c1-24(2,3)18-8-7-17(15-20(18)36-6)23(35)32-13-11-26(12-14-32)21-10-9-19(22(34)27(28,29)30)33(21)16-25(4,5)31-26;1-16(2)36-18-5-4-17(14-19(18)35-3)23(34)31-10-8-24(9-11-31)20-6-7-21(25(28,29)30)33(20)13-12-32(24)15-22(26)27;26-25(27,28)22-10-9-21-24(32(19-5-6-19)16-15-31(21)22)11-13-30(14-12-24)23(33)17-1-7-20(8-2-17)36(34,35)29-18-3-4-18;1-16(2)33-19-5-4-17(14-18(19)15-31)22(32)29-10-8-23(9-11-29)20-6-7-21(24(25,26)27)30(20)13-12-28(23)3;;;/h7-10,15,31H,11-14,16H2,1-6H3;4-7,14,16,22H,8-13,15H2,1-3H3;1-2,7-10,18-19,29H,3-6,11-16H2;4-7,14,16,31H,8-13,15H2,1-3H3;3*1H. The monoisotopic (exact) mass is 2010 g/mol. The summed E-state index contributed by atoms with van der Waals surface area (Å²) in [5, 5.41) is 13.3. The number of benzene rings is 4. The average Bonchev–Trinajstić information content (AvgIpc) is 1.07. The molecule has 8 aliphatic heterocycles. The summed E-state index contributed by atoms with van der Waals surface area (Å²) >= 11 is 0. The van der Waals surface area contributed by atoms with Crippen molar-refractivity contribution in [3.8, 4) is 23.0 Å². The van der Waals surface area contributed by atoms with Gasteiger partial charge in [-0.25, -0.2) is 21.9 Å². The van der Waals surface area contributed by atoms with Gasteiger partial charge in [0.05, 0.1) is 72.3 Å². The first kappa shape index (κ1) is 105. The average molecular weight is 2020 g/mol. The van der Waals surface area contributed by atoms with E-state index in [1.54, 1.807) is 92.3 Å². The highest BCUT2D eigenvalue weighted by Crippen LogP contribution is 2.52. The predicted molar refractivity (Wildman–Crippen MR) is 502 cm³/mol. The van der Waals surface area contributed by atoms with Crippen LogP contribution in [0.5, 0.6) is 23.0 Å². The fourth-order valence-corrected chi connectivity index (χ4v) is 23.4. The van der Waals surface area contributed by atoms with Gasteiger partial charge in [-0.1, -0.05) is 26.8 Å². The number of carbonyl (C=O) groups is 5. The highest BCUT2D eigenvalue weighted by Gasteiger charge is 2.56. The van der Waals surface area contributed by atoms with Crippen molar-refractivity contribution in [1.82, 2.24) is 62.6 Å². The molecule has 141 heavy (non-hydrogen) atoms. The molecule has 0 unspecified atom stereocenters. The zero-order valence-electron chi connectivity index (χ0n) is 81.1. The number of piperidine rings is 4. The molecule has 2 aliphatic carbocycles. The number of nitrogens with one attached hydrogen (secondary N) is 2. The number of hydrogen-bond donors (Lipinski definition) is 3. The lowest BCUT2D eigenvalue weighted by Crippen LogP contribution is -2.63. The largest absolute Gasteiger partial charge is 0.496 e. The number of carbonyl (C=O) groups excluding carboxylic acids is 5. The van der Waals surface area contributed by atoms with E-state index in [1.807, 2.05) is 60.7 Å². The van der Waals surface area contributed by atoms with Crippen molar-refractivity contribution in [3.63, 3.8) is 0 Å². The Hall–Kier alpha value is -10.5. The summed E-state index contributed by atoms with van der Waals surface area (Å²) in [6.07, 6.45) is -13.5. The first-order valence-electron chi connectivity index (χ1n) is 47.9. The number of amides is 4. The Morgan fingerprint density at radius 1 is 0.475 bits per heavy atom. The molecule has 0 radical (unpaired) electrons. The van der Waals surface area contributed by atoms with E-state index in [4.69, 9.17) is 18.9 Å². The maximum Gasteiger partial charge on any atom is 0.456 e. The Bertz CT molecular complexity index is 6030. The van der Waals surface area contributed by atoms with Crippen LogP contribution in [0.15, 0.2) is 132 Å². The van der Waals surface area contributed by atoms with Crippen LogP contribution in [-0.4, -0.2) is 238 Å². The fourth-order valence-electron chi connectivity index (χ4n) is 22.1. The number of Topliss-reactive ketones (excluding diaryl/α,β-unsaturated/α-hetero) is 1. The van der Waals surface area contributed by atoms with Crippen molar-refractivity contribution in [2.45, 2.75) is 266 Å². The van der Waals surface area contributed by atoms with E-state index in [0.29, 0.717) is 184 Å². The molecule has 4 aromatic heterocycles. The van der Waals surface area contributed by atoms with Gasteiger partial charge in [-0.2, -0.15) is 52.7 Å². The molecule has 4 saturated heterocycles. The second-order valence-electron chi connectivity index (χ2n) is 40.6. The molecule has 774 valence electrons. The minimum Gasteiger partial charge on any atom is -0.496 e. The molecule has 12 heterocycles. The summed E-state index contributed by atoms with van der Waals surface area (Å²) in [4.78, 5) is 78.2. The van der Waals surface area contributed by atoms with Gasteiger partial charge in [0.1, 0.15) is 28.6 Å². The van der Waals surface area contributed by atoms with E-state index in [9.17, 15) is 99.0 Å². The maximum absolute atomic E-state index is 13.6. The van der Waals surface area contributed by atoms with Gasteiger partial charge in [0.2, 0.25) is 10.0 Å². The molecular formula is C101H129F14N13O12S. The Morgan fingerprint density at radius 3 is 1.35 bits per heavy atom. The first-order valence-corrected chi connectivity index (χ1v) is 49.3. The van der Waals surface area contributed by atoms with Crippen LogP contribution in [0.2, 0.25) is 0 Å². The number of aromatic nitrogens is 4. The highest BCUT2D eigenvalue weighted by molar-refractivity contribution is 7.89. The lowest BCUT2D eigenvalue weighted by Gasteiger charge is -2.52. The number of aliphatic hydroxyl groups excluding tert-OH is 1. The van der Waals surface area contributed by atoms with E-state index in [-0.39, 0.29) is 114 Å². The van der Waals surface area contributed by atoms with Crippen LogP contribution in [0.3, 0.4) is 0 Å². The number of aliphatic hydroxyl groups is 1. The van der Waals surface area contributed by atoms with E-state index in [0.717, 1.165) is 37.3 Å². The number of hydrogen-bond acceptors (Lipinski definition) is 16. The summed E-state index contributed by atoms with van der Waals surface area (Å²) in [6, 6.07) is 32.7. The Labute approximate surface area is 815 Å². The highest BCUT2D eigenvalue weighted by atomic mass is 32.2. The number of likely N-dealkylation sites (tertiary alicyclic amines) is 4. The molecular weight excluding hydrogens is 1890 g/mol. The van der Waals surface area contributed by atoms with Crippen LogP contribution in [0.25, 0.3) is 0 Å². The minimum atomic E-state index is -4.93. The Morgan fingerprint density at radius 2 is 0.894 bits per heavy atom. The molecule has 6 fully saturated rings.